The molecule has 0 heterocycles. The van der Waals surface area contributed by atoms with Gasteiger partial charge in [0, 0.05) is 21.1 Å². The van der Waals surface area contributed by atoms with Crippen molar-refractivity contribution in [2.45, 2.75) is 0 Å². The Morgan fingerprint density at radius 2 is 1.42 bits per heavy atom. The van der Waals surface area contributed by atoms with Crippen LogP contribution >= 0.6 is 0 Å². The van der Waals surface area contributed by atoms with Gasteiger partial charge in [-0.15, -0.1) is 6.58 Å². The third-order valence-corrected chi connectivity index (χ3v) is 1.85. The minimum atomic E-state index is -0.242. The maximum Gasteiger partial charge on any atom is 0.170 e. The van der Waals surface area contributed by atoms with Crippen LogP contribution in [0.25, 0.3) is 0 Å². The summed E-state index contributed by atoms with van der Waals surface area (Å²) in [6.07, 6.45) is 0. The quantitative estimate of drug-likeness (QED) is 0.507. The maximum absolute atomic E-state index is 4.85. The first-order valence-electron chi connectivity index (χ1n) is 1.92. The summed E-state index contributed by atoms with van der Waals surface area (Å²) >= 11 is 0. The summed E-state index contributed by atoms with van der Waals surface area (Å²) in [4.78, 5) is 0. The molecule has 12 heavy (non-hydrogen) atoms. The first kappa shape index (κ1) is 54.3. The minimum absolute atomic E-state index is 0. The summed E-state index contributed by atoms with van der Waals surface area (Å²) in [7, 11) is 0.647. The van der Waals surface area contributed by atoms with E-state index in [1.807, 2.05) is 5.70 Å². The summed E-state index contributed by atoms with van der Waals surface area (Å²) in [5.74, 6) is 0. The van der Waals surface area contributed by atoms with Crippen LogP contribution in [0.15, 0.2) is 18.9 Å². The normalized spacial score (nSPS) is 4.67. The molecular weight excluding hydrogens is 363 g/mol. The van der Waals surface area contributed by atoms with Crippen LogP contribution in [0.5, 0.6) is 0 Å². The van der Waals surface area contributed by atoms with Gasteiger partial charge in [-0.3, -0.25) is 6.58 Å². The average Bonchev–Trinajstić information content (AvgIpc) is 1.75. The Balaban J connectivity index is -0.00000000671. The molecule has 0 aromatic carbocycles. The molecule has 0 spiro atoms. The Morgan fingerprint density at radius 3 is 1.42 bits per heavy atom. The zero-order valence-corrected chi connectivity index (χ0v) is 14.7. The van der Waals surface area contributed by atoms with Crippen molar-refractivity contribution in [2.24, 2.45) is 0 Å². The van der Waals surface area contributed by atoms with E-state index < -0.39 is 0 Å². The molecule has 0 fully saturated rings. The van der Waals surface area contributed by atoms with Crippen LogP contribution in [0.2, 0.25) is 0 Å². The van der Waals surface area contributed by atoms with E-state index in [2.05, 4.69) is 19.7 Å². The third-order valence-electron chi connectivity index (χ3n) is 0.285. The SMILES string of the molecule is C=C[SiH2]O[SiH3].[CH-]=C.[CH3-].[CH3-].[CH3-].[CH3-].[Pt]. The van der Waals surface area contributed by atoms with E-state index >= 15 is 0 Å². The fourth-order valence-corrected chi connectivity index (χ4v) is 1.06. The molecule has 0 aromatic rings. The molecule has 0 bridgehead atoms. The van der Waals surface area contributed by atoms with Crippen molar-refractivity contribution in [3.63, 3.8) is 0 Å². The second-order valence-corrected chi connectivity index (χ2v) is 3.96. The molecule has 0 radical (unpaired) electrons. The van der Waals surface area contributed by atoms with E-state index in [9.17, 15) is 0 Å². The van der Waals surface area contributed by atoms with Gasteiger partial charge in [-0.05, 0) is 0 Å². The molecule has 0 saturated heterocycles. The van der Waals surface area contributed by atoms with Crippen LogP contribution in [0, 0.1) is 36.3 Å². The van der Waals surface area contributed by atoms with E-state index in [0.717, 1.165) is 10.5 Å². The molecule has 0 saturated carbocycles. The van der Waals surface area contributed by atoms with Crippen LogP contribution in [0.4, 0.5) is 0 Å². The molecule has 84 valence electrons. The molecule has 0 aliphatic carbocycles. The van der Waals surface area contributed by atoms with Gasteiger partial charge in [-0.25, -0.2) is 0 Å². The molecule has 0 N–H and O–H groups in total. The monoisotopic (exact) mass is 386 g/mol. The molecule has 0 rings (SSSR count). The largest absolute Gasteiger partial charge is 0.521 e. The van der Waals surface area contributed by atoms with Crippen molar-refractivity contribution in [1.29, 1.82) is 0 Å². The number of hydrogen-bond acceptors (Lipinski definition) is 1. The molecule has 0 aromatic heterocycles. The van der Waals surface area contributed by atoms with E-state index in [-0.39, 0.29) is 60.5 Å². The Bertz CT molecular complexity index is 46.0. The first-order chi connectivity index (χ1) is 3.41. The molecule has 0 amide bonds. The van der Waals surface area contributed by atoms with Gasteiger partial charge in [0.1, 0.15) is 10.5 Å². The van der Waals surface area contributed by atoms with E-state index in [1.54, 1.807) is 0 Å². The van der Waals surface area contributed by atoms with Crippen molar-refractivity contribution in [2.75, 3.05) is 0 Å². The van der Waals surface area contributed by atoms with E-state index in [0.29, 0.717) is 0 Å². The van der Waals surface area contributed by atoms with Crippen molar-refractivity contribution in [3.8, 4) is 0 Å². The Morgan fingerprint density at radius 1 is 1.17 bits per heavy atom. The second kappa shape index (κ2) is 102. The van der Waals surface area contributed by atoms with Gasteiger partial charge in [-0.1, -0.05) is 5.70 Å². The zero-order valence-electron chi connectivity index (χ0n) is 9.00. The standard InChI is InChI=1S/C2H8OSi2.C2H3.4CH3.Pt/c1-2-5-3-4;1-2;;;;;/h2H,1,5H2,4H3;1H,2H2;4*1H3;/q;5*-1;. The van der Waals surface area contributed by atoms with Gasteiger partial charge < -0.3 is 40.4 Å². The second-order valence-electron chi connectivity index (χ2n) is 0.744. The van der Waals surface area contributed by atoms with Crippen LogP contribution in [-0.2, 0) is 25.2 Å². The Kier molecular flexibility index (Phi) is 460. The fourth-order valence-electron chi connectivity index (χ4n) is 0.118. The Hall–Kier alpha value is 0.562. The first-order valence-corrected chi connectivity index (χ1v) is 4.13. The predicted octanol–water partition coefficient (Wildman–Crippen LogP) is 0.915. The van der Waals surface area contributed by atoms with Crippen LogP contribution in [0.1, 0.15) is 0 Å². The maximum atomic E-state index is 4.85. The summed E-state index contributed by atoms with van der Waals surface area (Å²) in [5.41, 5.74) is 1.88. The summed E-state index contributed by atoms with van der Waals surface area (Å²) in [5, 5.41) is 0. The van der Waals surface area contributed by atoms with Gasteiger partial charge in [0.2, 0.25) is 0 Å². The minimum Gasteiger partial charge on any atom is -0.521 e. The Labute approximate surface area is 100 Å². The molecule has 0 atom stereocenters. The van der Waals surface area contributed by atoms with Crippen molar-refractivity contribution >= 4 is 20.2 Å². The van der Waals surface area contributed by atoms with Crippen molar-refractivity contribution < 1.29 is 25.2 Å². The summed E-state index contributed by atoms with van der Waals surface area (Å²) < 4.78 is 4.85. The van der Waals surface area contributed by atoms with Gasteiger partial charge >= 0.3 is 0 Å². The van der Waals surface area contributed by atoms with Crippen molar-refractivity contribution in [1.82, 2.24) is 0 Å². The predicted molar refractivity (Wildman–Crippen MR) is 65.3 cm³/mol. The summed E-state index contributed by atoms with van der Waals surface area (Å²) in [6.45, 7) is 10.5. The van der Waals surface area contributed by atoms with Crippen LogP contribution < -0.4 is 0 Å². The molecule has 4 heteroatoms. The fraction of sp³-hybridized carbons (Fsp3) is 0. The topological polar surface area (TPSA) is 9.23 Å². The van der Waals surface area contributed by atoms with Crippen molar-refractivity contribution in [3.05, 3.63) is 55.1 Å². The van der Waals surface area contributed by atoms with Crippen LogP contribution in [0.3, 0.4) is 0 Å². The van der Waals surface area contributed by atoms with Gasteiger partial charge in [0.25, 0.3) is 0 Å². The smallest absolute Gasteiger partial charge is 0.170 e. The molecule has 1 nitrogen and oxygen atoms in total. The van der Waals surface area contributed by atoms with Gasteiger partial charge in [-0.2, -0.15) is 0 Å². The van der Waals surface area contributed by atoms with Gasteiger partial charge in [0.15, 0.2) is 9.76 Å². The number of hydrogen-bond donors (Lipinski definition) is 0. The number of rotatable bonds is 2. The summed E-state index contributed by atoms with van der Waals surface area (Å²) in [6, 6.07) is 0. The molecule has 0 unspecified atom stereocenters. The average molecular weight is 387 g/mol. The molecule has 0 aliphatic rings. The third kappa shape index (κ3) is 147. The van der Waals surface area contributed by atoms with Crippen LogP contribution in [-0.4, -0.2) is 20.2 Å². The molecule has 0 aliphatic heterocycles. The van der Waals surface area contributed by atoms with Gasteiger partial charge in [0.05, 0.1) is 0 Å². The molecular formula is C8H23OPtSi2-5. The van der Waals surface area contributed by atoms with E-state index in [1.165, 1.54) is 0 Å². The zero-order chi connectivity index (χ0) is 6.12. The van der Waals surface area contributed by atoms with E-state index in [4.69, 9.17) is 4.12 Å².